The topological polar surface area (TPSA) is 81.3 Å². The van der Waals surface area contributed by atoms with Gasteiger partial charge in [0, 0.05) is 16.1 Å². The van der Waals surface area contributed by atoms with E-state index in [1.165, 1.54) is 10.7 Å². The smallest absolute Gasteiger partial charge is 0.324 e. The summed E-state index contributed by atoms with van der Waals surface area (Å²) in [6, 6.07) is 14.1. The van der Waals surface area contributed by atoms with Gasteiger partial charge in [-0.3, -0.25) is 4.79 Å². The Labute approximate surface area is 146 Å². The van der Waals surface area contributed by atoms with Crippen molar-refractivity contribution in [2.75, 3.05) is 5.32 Å². The second-order valence-corrected chi connectivity index (χ2v) is 5.89. The molecule has 0 fully saturated rings. The maximum absolute atomic E-state index is 12.4. The summed E-state index contributed by atoms with van der Waals surface area (Å²) in [5.41, 5.74) is 1.38. The van der Waals surface area contributed by atoms with E-state index in [-0.39, 0.29) is 12.5 Å². The molecule has 1 amide bonds. The van der Waals surface area contributed by atoms with E-state index in [9.17, 15) is 9.59 Å². The van der Waals surface area contributed by atoms with E-state index >= 15 is 0 Å². The van der Waals surface area contributed by atoms with Crippen LogP contribution < -0.4 is 11.0 Å². The van der Waals surface area contributed by atoms with Crippen molar-refractivity contribution in [1.82, 2.24) is 19.2 Å². The third kappa shape index (κ3) is 2.85. The molecule has 25 heavy (non-hydrogen) atoms. The predicted octanol–water partition coefficient (Wildman–Crippen LogP) is 2.34. The highest BCUT2D eigenvalue weighted by atomic mass is 35.5. The van der Waals surface area contributed by atoms with Crippen molar-refractivity contribution in [3.05, 3.63) is 70.4 Å². The van der Waals surface area contributed by atoms with Crippen LogP contribution in [0.15, 0.2) is 59.7 Å². The minimum Gasteiger partial charge on any atom is -0.324 e. The number of benzene rings is 2. The van der Waals surface area contributed by atoms with E-state index in [4.69, 9.17) is 11.6 Å². The molecular weight excluding hydrogens is 342 g/mol. The molecule has 1 N–H and O–H groups in total. The number of hydrogen-bond acceptors (Lipinski definition) is 4. The zero-order valence-corrected chi connectivity index (χ0v) is 13.6. The van der Waals surface area contributed by atoms with E-state index < -0.39 is 5.69 Å². The summed E-state index contributed by atoms with van der Waals surface area (Å²) in [5, 5.41) is 8.31. The highest BCUT2D eigenvalue weighted by Gasteiger charge is 2.13. The molecule has 7 nitrogen and oxygen atoms in total. The number of rotatable bonds is 3. The molecule has 8 heteroatoms. The number of fused-ring (bicyclic) bond motifs is 3. The first-order valence-corrected chi connectivity index (χ1v) is 7.88. The van der Waals surface area contributed by atoms with Gasteiger partial charge >= 0.3 is 5.69 Å². The summed E-state index contributed by atoms with van der Waals surface area (Å²) in [7, 11) is 0. The Bertz CT molecular complexity index is 1150. The Balaban J connectivity index is 1.66. The molecule has 0 bridgehead atoms. The fraction of sp³-hybridized carbons (Fsp3) is 0.0588. The molecule has 0 aliphatic rings. The van der Waals surface area contributed by atoms with Crippen molar-refractivity contribution in [1.29, 1.82) is 0 Å². The minimum absolute atomic E-state index is 0.197. The van der Waals surface area contributed by atoms with E-state index in [0.717, 1.165) is 15.6 Å². The second-order valence-electron chi connectivity index (χ2n) is 5.45. The van der Waals surface area contributed by atoms with Crippen molar-refractivity contribution in [3.63, 3.8) is 0 Å². The minimum atomic E-state index is -0.417. The second kappa shape index (κ2) is 6.03. The monoisotopic (exact) mass is 353 g/mol. The highest BCUT2D eigenvalue weighted by molar-refractivity contribution is 6.30. The van der Waals surface area contributed by atoms with Crippen molar-refractivity contribution >= 4 is 39.7 Å². The summed E-state index contributed by atoms with van der Waals surface area (Å²) in [6.07, 6.45) is 1.42. The number of hydrogen-bond donors (Lipinski definition) is 1. The van der Waals surface area contributed by atoms with Gasteiger partial charge in [0.25, 0.3) is 0 Å². The Morgan fingerprint density at radius 2 is 1.88 bits per heavy atom. The Morgan fingerprint density at radius 3 is 2.68 bits per heavy atom. The van der Waals surface area contributed by atoms with Gasteiger partial charge in [-0.05, 0) is 36.4 Å². The number of amides is 1. The van der Waals surface area contributed by atoms with E-state index in [1.807, 2.05) is 24.3 Å². The number of nitrogens with zero attached hydrogens (tertiary/aromatic N) is 4. The van der Waals surface area contributed by atoms with Crippen LogP contribution >= 0.6 is 11.6 Å². The highest BCUT2D eigenvalue weighted by Crippen LogP contribution is 2.15. The van der Waals surface area contributed by atoms with Crippen LogP contribution in [0.1, 0.15) is 0 Å². The first-order chi connectivity index (χ1) is 12.1. The van der Waals surface area contributed by atoms with Gasteiger partial charge in [0.15, 0.2) is 5.65 Å². The average molecular weight is 354 g/mol. The molecule has 0 saturated carbocycles. The normalized spacial score (nSPS) is 11.1. The number of nitrogens with one attached hydrogen (secondary N) is 1. The van der Waals surface area contributed by atoms with Crippen molar-refractivity contribution in [2.24, 2.45) is 0 Å². The van der Waals surface area contributed by atoms with Gasteiger partial charge in [-0.25, -0.2) is 18.9 Å². The van der Waals surface area contributed by atoms with Gasteiger partial charge < -0.3 is 5.32 Å². The van der Waals surface area contributed by atoms with Crippen LogP contribution in [0.5, 0.6) is 0 Å². The van der Waals surface area contributed by atoms with E-state index in [0.29, 0.717) is 16.4 Å². The van der Waals surface area contributed by atoms with Crippen LogP contribution in [-0.4, -0.2) is 25.1 Å². The largest absolute Gasteiger partial charge is 0.352 e. The molecule has 0 atom stereocenters. The molecule has 0 unspecified atom stereocenters. The zero-order chi connectivity index (χ0) is 17.4. The lowest BCUT2D eigenvalue weighted by Crippen LogP contribution is -2.28. The van der Waals surface area contributed by atoms with Crippen LogP contribution in [0.4, 0.5) is 5.69 Å². The zero-order valence-electron chi connectivity index (χ0n) is 12.9. The van der Waals surface area contributed by atoms with Crippen molar-refractivity contribution in [3.8, 4) is 0 Å². The number of carbonyl (C=O) groups excluding carboxylic acids is 1. The molecule has 2 aromatic carbocycles. The number of para-hydroxylation sites is 1. The Kier molecular flexibility index (Phi) is 3.70. The molecule has 0 aliphatic heterocycles. The maximum atomic E-state index is 12.4. The van der Waals surface area contributed by atoms with Crippen LogP contribution in [0.2, 0.25) is 5.02 Å². The van der Waals surface area contributed by atoms with Crippen LogP contribution in [0.25, 0.3) is 16.6 Å². The number of aromatic nitrogens is 4. The molecule has 124 valence electrons. The summed E-state index contributed by atoms with van der Waals surface area (Å²) < 4.78 is 2.45. The molecule has 0 radical (unpaired) electrons. The summed E-state index contributed by atoms with van der Waals surface area (Å²) in [5.74, 6) is -0.356. The molecule has 4 rings (SSSR count). The van der Waals surface area contributed by atoms with Crippen LogP contribution in [-0.2, 0) is 11.3 Å². The quantitative estimate of drug-likeness (QED) is 0.613. The summed E-state index contributed by atoms with van der Waals surface area (Å²) in [6.45, 7) is -0.197. The lowest BCUT2D eigenvalue weighted by atomic mass is 10.2. The van der Waals surface area contributed by atoms with Crippen LogP contribution in [0, 0.1) is 0 Å². The first kappa shape index (κ1) is 15.3. The predicted molar refractivity (Wildman–Crippen MR) is 94.8 cm³/mol. The SMILES string of the molecule is O=C(Cn1nc2c3ccccc3ncn2c1=O)Nc1ccc(Cl)cc1. The van der Waals surface area contributed by atoms with Crippen molar-refractivity contribution < 1.29 is 4.79 Å². The van der Waals surface area contributed by atoms with Gasteiger partial charge in [0.05, 0.1) is 5.52 Å². The maximum Gasteiger partial charge on any atom is 0.352 e. The van der Waals surface area contributed by atoms with E-state index in [1.54, 1.807) is 24.3 Å². The van der Waals surface area contributed by atoms with Crippen molar-refractivity contribution in [2.45, 2.75) is 6.54 Å². The Morgan fingerprint density at radius 1 is 1.12 bits per heavy atom. The molecule has 4 aromatic rings. The van der Waals surface area contributed by atoms with Gasteiger partial charge in [-0.2, -0.15) is 0 Å². The number of carbonyl (C=O) groups is 1. The molecular formula is C17H12ClN5O2. The number of halogens is 1. The van der Waals surface area contributed by atoms with Gasteiger partial charge in [0.2, 0.25) is 5.91 Å². The summed E-state index contributed by atoms with van der Waals surface area (Å²) in [4.78, 5) is 28.9. The van der Waals surface area contributed by atoms with Gasteiger partial charge in [-0.15, -0.1) is 5.10 Å². The third-order valence-corrected chi connectivity index (χ3v) is 4.00. The average Bonchev–Trinajstić information content (AvgIpc) is 2.93. The number of anilines is 1. The lowest BCUT2D eigenvalue weighted by Gasteiger charge is -2.04. The van der Waals surface area contributed by atoms with Gasteiger partial charge in [-0.1, -0.05) is 23.7 Å². The fourth-order valence-electron chi connectivity index (χ4n) is 2.58. The molecule has 2 heterocycles. The Hall–Kier alpha value is -3.19. The molecule has 0 saturated heterocycles. The fourth-order valence-corrected chi connectivity index (χ4v) is 2.70. The van der Waals surface area contributed by atoms with E-state index in [2.05, 4.69) is 15.4 Å². The third-order valence-electron chi connectivity index (χ3n) is 3.75. The van der Waals surface area contributed by atoms with Crippen LogP contribution in [0.3, 0.4) is 0 Å². The summed E-state index contributed by atoms with van der Waals surface area (Å²) >= 11 is 5.81. The molecule has 0 aliphatic carbocycles. The lowest BCUT2D eigenvalue weighted by molar-refractivity contribution is -0.117. The molecule has 2 aromatic heterocycles. The van der Waals surface area contributed by atoms with Gasteiger partial charge in [0.1, 0.15) is 12.9 Å². The first-order valence-electron chi connectivity index (χ1n) is 7.50. The molecule has 0 spiro atoms. The standard InChI is InChI=1S/C17H12ClN5O2/c18-11-5-7-12(8-6-11)20-15(24)9-23-17(25)22-10-19-14-4-2-1-3-13(14)16(22)21-23/h1-8,10H,9H2,(H,20,24).